The van der Waals surface area contributed by atoms with E-state index in [-0.39, 0.29) is 25.0 Å². The van der Waals surface area contributed by atoms with Crippen LogP contribution in [0.15, 0.2) is 16.9 Å². The summed E-state index contributed by atoms with van der Waals surface area (Å²) in [6, 6.07) is 0.978. The molecule has 0 radical (unpaired) electrons. The number of nitrogens with one attached hydrogen (secondary N) is 2. The van der Waals surface area contributed by atoms with Gasteiger partial charge in [-0.15, -0.1) is 0 Å². The van der Waals surface area contributed by atoms with Crippen molar-refractivity contribution in [3.8, 4) is 0 Å². The van der Waals surface area contributed by atoms with Crippen molar-refractivity contribution in [2.45, 2.75) is 31.8 Å². The van der Waals surface area contributed by atoms with Crippen molar-refractivity contribution in [2.24, 2.45) is 5.92 Å². The smallest absolute Gasteiger partial charge is 0.315 e. The van der Waals surface area contributed by atoms with Crippen LogP contribution in [0.3, 0.4) is 0 Å². The van der Waals surface area contributed by atoms with Gasteiger partial charge in [0.05, 0.1) is 13.0 Å². The van der Waals surface area contributed by atoms with E-state index in [4.69, 9.17) is 5.11 Å². The van der Waals surface area contributed by atoms with Gasteiger partial charge in [-0.3, -0.25) is 4.79 Å². The highest BCUT2D eigenvalue weighted by Crippen LogP contribution is 2.33. The van der Waals surface area contributed by atoms with E-state index in [9.17, 15) is 9.59 Å². The molecule has 1 fully saturated rings. The summed E-state index contributed by atoms with van der Waals surface area (Å²) in [5.74, 6) is -0.609. The predicted molar refractivity (Wildman–Crippen MR) is 60.6 cm³/mol. The number of carboxylic acid groups (broad SMARTS) is 1. The second kappa shape index (κ2) is 5.52. The normalized spacial score (nSPS) is 16.0. The predicted octanol–water partition coefficient (Wildman–Crippen LogP) is 0.727. The van der Waals surface area contributed by atoms with E-state index in [0.717, 1.165) is 12.8 Å². The molecule has 1 aliphatic carbocycles. The Hall–Kier alpha value is -2.05. The average molecular weight is 253 g/mol. The quantitative estimate of drug-likeness (QED) is 0.693. The molecule has 0 spiro atoms. The summed E-state index contributed by atoms with van der Waals surface area (Å²) in [7, 11) is 0. The first-order chi connectivity index (χ1) is 8.65. The van der Waals surface area contributed by atoms with Gasteiger partial charge in [-0.05, 0) is 18.8 Å². The van der Waals surface area contributed by atoms with Gasteiger partial charge in [0.1, 0.15) is 12.0 Å². The van der Waals surface area contributed by atoms with Crippen LogP contribution in [0.25, 0.3) is 0 Å². The molecule has 1 aliphatic rings. The monoisotopic (exact) mass is 253 g/mol. The third-order valence-corrected chi connectivity index (χ3v) is 2.82. The Bertz CT molecular complexity index is 414. The standard InChI is InChI=1S/C11H15N3O4/c15-10(16)5-9(7-1-2-7)13-11(17)12-6-8-3-4-18-14-8/h3-4,7,9H,1-2,5-6H2,(H,15,16)(H2,12,13,17). The Labute approximate surface area is 104 Å². The van der Waals surface area contributed by atoms with Gasteiger partial charge in [0.15, 0.2) is 0 Å². The summed E-state index contributed by atoms with van der Waals surface area (Å²) in [6.07, 6.45) is 3.33. The zero-order chi connectivity index (χ0) is 13.0. The van der Waals surface area contributed by atoms with Gasteiger partial charge in [-0.1, -0.05) is 5.16 Å². The lowest BCUT2D eigenvalue weighted by molar-refractivity contribution is -0.137. The van der Waals surface area contributed by atoms with Gasteiger partial charge in [0, 0.05) is 12.1 Å². The number of carboxylic acids is 1. The molecule has 18 heavy (non-hydrogen) atoms. The Morgan fingerprint density at radius 3 is 2.89 bits per heavy atom. The number of rotatable bonds is 6. The number of amides is 2. The van der Waals surface area contributed by atoms with E-state index in [1.807, 2.05) is 0 Å². The summed E-state index contributed by atoms with van der Waals surface area (Å²) in [5.41, 5.74) is 0.617. The zero-order valence-corrected chi connectivity index (χ0v) is 9.76. The third-order valence-electron chi connectivity index (χ3n) is 2.82. The fourth-order valence-electron chi connectivity index (χ4n) is 1.74. The number of aromatic nitrogens is 1. The maximum absolute atomic E-state index is 11.6. The topological polar surface area (TPSA) is 104 Å². The molecule has 1 aromatic heterocycles. The van der Waals surface area contributed by atoms with Gasteiger partial charge in [-0.2, -0.15) is 0 Å². The Kier molecular flexibility index (Phi) is 3.81. The van der Waals surface area contributed by atoms with E-state index >= 15 is 0 Å². The lowest BCUT2D eigenvalue weighted by Crippen LogP contribution is -2.43. The van der Waals surface area contributed by atoms with E-state index in [1.54, 1.807) is 6.07 Å². The molecule has 1 aromatic rings. The summed E-state index contributed by atoms with van der Waals surface area (Å²) in [6.45, 7) is 0.257. The van der Waals surface area contributed by atoms with Gasteiger partial charge >= 0.3 is 12.0 Å². The molecule has 7 heteroatoms. The molecular formula is C11H15N3O4. The number of carbonyl (C=O) groups excluding carboxylic acids is 1. The van der Waals surface area contributed by atoms with Crippen LogP contribution in [0.1, 0.15) is 25.0 Å². The van der Waals surface area contributed by atoms with Gasteiger partial charge in [0.2, 0.25) is 0 Å². The molecule has 2 amide bonds. The molecule has 1 heterocycles. The maximum Gasteiger partial charge on any atom is 0.315 e. The van der Waals surface area contributed by atoms with Crippen molar-refractivity contribution in [1.82, 2.24) is 15.8 Å². The highest BCUT2D eigenvalue weighted by molar-refractivity contribution is 5.75. The van der Waals surface area contributed by atoms with Crippen molar-refractivity contribution in [3.05, 3.63) is 18.0 Å². The van der Waals surface area contributed by atoms with Crippen molar-refractivity contribution in [2.75, 3.05) is 0 Å². The molecular weight excluding hydrogens is 238 g/mol. The lowest BCUT2D eigenvalue weighted by Gasteiger charge is -2.16. The SMILES string of the molecule is O=C(O)CC(NC(=O)NCc1ccon1)C1CC1. The zero-order valence-electron chi connectivity index (χ0n) is 9.76. The average Bonchev–Trinajstić information content (AvgIpc) is 3.02. The number of hydrogen-bond acceptors (Lipinski definition) is 4. The second-order valence-electron chi connectivity index (χ2n) is 4.36. The van der Waals surface area contributed by atoms with E-state index < -0.39 is 5.97 Å². The number of nitrogens with zero attached hydrogens (tertiary/aromatic N) is 1. The number of aliphatic carboxylic acids is 1. The molecule has 1 unspecified atom stereocenters. The number of urea groups is 1. The molecule has 2 rings (SSSR count). The molecule has 0 bridgehead atoms. The largest absolute Gasteiger partial charge is 0.481 e. The minimum atomic E-state index is -0.899. The summed E-state index contributed by atoms with van der Waals surface area (Å²) in [4.78, 5) is 22.3. The highest BCUT2D eigenvalue weighted by Gasteiger charge is 2.33. The molecule has 98 valence electrons. The van der Waals surface area contributed by atoms with Gasteiger partial charge in [0.25, 0.3) is 0 Å². The van der Waals surface area contributed by atoms with Crippen molar-refractivity contribution in [1.29, 1.82) is 0 Å². The molecule has 7 nitrogen and oxygen atoms in total. The van der Waals surface area contributed by atoms with E-state index in [2.05, 4.69) is 20.3 Å². The van der Waals surface area contributed by atoms with Crippen LogP contribution >= 0.6 is 0 Å². The van der Waals surface area contributed by atoms with Crippen molar-refractivity contribution >= 4 is 12.0 Å². The molecule has 0 aromatic carbocycles. The fraction of sp³-hybridized carbons (Fsp3) is 0.545. The maximum atomic E-state index is 11.6. The first-order valence-electron chi connectivity index (χ1n) is 5.80. The first-order valence-corrected chi connectivity index (χ1v) is 5.80. The van der Waals surface area contributed by atoms with Crippen LogP contribution in [0.4, 0.5) is 4.79 Å². The second-order valence-corrected chi connectivity index (χ2v) is 4.36. The van der Waals surface area contributed by atoms with Crippen LogP contribution in [0.2, 0.25) is 0 Å². The van der Waals surface area contributed by atoms with Crippen LogP contribution in [-0.4, -0.2) is 28.3 Å². The van der Waals surface area contributed by atoms with Gasteiger partial charge in [-0.25, -0.2) is 4.79 Å². The minimum Gasteiger partial charge on any atom is -0.481 e. The summed E-state index contributed by atoms with van der Waals surface area (Å²) >= 11 is 0. The van der Waals surface area contributed by atoms with Crippen LogP contribution in [0, 0.1) is 5.92 Å². The lowest BCUT2D eigenvalue weighted by atomic mass is 10.1. The minimum absolute atomic E-state index is 0.0396. The van der Waals surface area contributed by atoms with Crippen molar-refractivity contribution in [3.63, 3.8) is 0 Å². The summed E-state index contributed by atoms with van der Waals surface area (Å²) in [5, 5.41) is 17.7. The molecule has 0 aliphatic heterocycles. The van der Waals surface area contributed by atoms with Crippen LogP contribution in [0.5, 0.6) is 0 Å². The highest BCUT2D eigenvalue weighted by atomic mass is 16.5. The molecule has 1 atom stereocenters. The fourth-order valence-corrected chi connectivity index (χ4v) is 1.74. The molecule has 1 saturated carbocycles. The number of carbonyl (C=O) groups is 2. The Balaban J connectivity index is 1.76. The summed E-state index contributed by atoms with van der Waals surface area (Å²) < 4.78 is 4.63. The third kappa shape index (κ3) is 3.76. The number of hydrogen-bond donors (Lipinski definition) is 3. The Morgan fingerprint density at radius 2 is 2.33 bits per heavy atom. The van der Waals surface area contributed by atoms with Gasteiger partial charge < -0.3 is 20.3 Å². The van der Waals surface area contributed by atoms with E-state index in [1.165, 1.54) is 6.26 Å². The van der Waals surface area contributed by atoms with Crippen LogP contribution in [-0.2, 0) is 11.3 Å². The van der Waals surface area contributed by atoms with Crippen LogP contribution < -0.4 is 10.6 Å². The first kappa shape index (κ1) is 12.4. The molecule has 0 saturated heterocycles. The van der Waals surface area contributed by atoms with E-state index in [0.29, 0.717) is 11.6 Å². The molecule has 3 N–H and O–H groups in total. The van der Waals surface area contributed by atoms with Crippen molar-refractivity contribution < 1.29 is 19.2 Å². The Morgan fingerprint density at radius 1 is 1.56 bits per heavy atom.